The zero-order valence-corrected chi connectivity index (χ0v) is 19.3. The highest BCUT2D eigenvalue weighted by Gasteiger charge is 2.09. The van der Waals surface area contributed by atoms with Gasteiger partial charge in [0.05, 0.1) is 22.2 Å². The Balaban J connectivity index is 1.55. The van der Waals surface area contributed by atoms with Crippen LogP contribution < -0.4 is 11.1 Å². The van der Waals surface area contributed by atoms with Crippen molar-refractivity contribution < 1.29 is 0 Å². The number of nitrogen functional groups attached to an aromatic ring is 1. The summed E-state index contributed by atoms with van der Waals surface area (Å²) in [6, 6.07) is 18.3. The van der Waals surface area contributed by atoms with Gasteiger partial charge >= 0.3 is 0 Å². The van der Waals surface area contributed by atoms with Crippen molar-refractivity contribution >= 4 is 22.7 Å². The molecule has 4 heteroatoms. The fourth-order valence-corrected chi connectivity index (χ4v) is 4.73. The third-order valence-electron chi connectivity index (χ3n) is 5.63. The molecular formula is C27H33N3S. The molecule has 3 N–H and O–H groups in total. The van der Waals surface area contributed by atoms with E-state index in [2.05, 4.69) is 54.0 Å². The minimum atomic E-state index is 0.644. The van der Waals surface area contributed by atoms with Gasteiger partial charge in [0.25, 0.3) is 0 Å². The molecule has 0 aliphatic carbocycles. The summed E-state index contributed by atoms with van der Waals surface area (Å²) in [4.78, 5) is 1.26. The highest BCUT2D eigenvalue weighted by Crippen LogP contribution is 2.35. The van der Waals surface area contributed by atoms with E-state index in [4.69, 9.17) is 5.73 Å². The zero-order chi connectivity index (χ0) is 21.9. The summed E-state index contributed by atoms with van der Waals surface area (Å²) in [5.74, 6) is 0. The van der Waals surface area contributed by atoms with Gasteiger partial charge in [-0.15, -0.1) is 11.3 Å². The maximum Gasteiger partial charge on any atom is 0.0998 e. The number of rotatable bonds is 12. The van der Waals surface area contributed by atoms with E-state index in [1.165, 1.54) is 67.5 Å². The summed E-state index contributed by atoms with van der Waals surface area (Å²) >= 11 is 1.76. The van der Waals surface area contributed by atoms with Gasteiger partial charge in [0.1, 0.15) is 0 Å². The first-order valence-electron chi connectivity index (χ1n) is 11.4. The first-order chi connectivity index (χ1) is 15.2. The van der Waals surface area contributed by atoms with Crippen LogP contribution in [0.2, 0.25) is 0 Å². The zero-order valence-electron chi connectivity index (χ0n) is 18.5. The van der Waals surface area contributed by atoms with Gasteiger partial charge in [-0.2, -0.15) is 5.26 Å². The number of hydrogen-bond donors (Lipinski definition) is 2. The fraction of sp³-hybridized carbons (Fsp3) is 0.370. The molecule has 3 rings (SSSR count). The molecule has 1 aromatic heterocycles. The Hall–Kier alpha value is -2.77. The molecule has 0 fully saturated rings. The van der Waals surface area contributed by atoms with Crippen LogP contribution in [0.4, 0.5) is 11.4 Å². The second-order valence-corrected chi connectivity index (χ2v) is 8.98. The van der Waals surface area contributed by atoms with Crippen molar-refractivity contribution in [3.8, 4) is 27.6 Å². The quantitative estimate of drug-likeness (QED) is 0.225. The van der Waals surface area contributed by atoms with Gasteiger partial charge in [-0.05, 0) is 47.2 Å². The SMILES string of the molecule is CCCCCCCCCCNc1ccsc1-c1ccc(-c2cc(N)ccc2C#N)cc1. The van der Waals surface area contributed by atoms with Crippen molar-refractivity contribution in [2.45, 2.75) is 58.3 Å². The second-order valence-electron chi connectivity index (χ2n) is 8.06. The fourth-order valence-electron chi connectivity index (χ4n) is 3.85. The van der Waals surface area contributed by atoms with Crippen LogP contribution in [0.1, 0.15) is 63.9 Å². The molecule has 0 saturated heterocycles. The number of hydrogen-bond acceptors (Lipinski definition) is 4. The summed E-state index contributed by atoms with van der Waals surface area (Å²) in [6.45, 7) is 3.29. The maximum absolute atomic E-state index is 9.40. The molecule has 0 unspecified atom stereocenters. The van der Waals surface area contributed by atoms with Gasteiger partial charge in [-0.25, -0.2) is 0 Å². The number of benzene rings is 2. The van der Waals surface area contributed by atoms with Gasteiger partial charge in [-0.3, -0.25) is 0 Å². The molecule has 0 radical (unpaired) electrons. The number of unbranched alkanes of at least 4 members (excludes halogenated alkanes) is 7. The number of nitrogens with two attached hydrogens (primary N) is 1. The van der Waals surface area contributed by atoms with Gasteiger partial charge in [-0.1, -0.05) is 76.1 Å². The van der Waals surface area contributed by atoms with E-state index in [9.17, 15) is 5.26 Å². The van der Waals surface area contributed by atoms with Crippen LogP contribution in [-0.2, 0) is 0 Å². The molecule has 0 atom stereocenters. The second kappa shape index (κ2) is 12.2. The van der Waals surface area contributed by atoms with Gasteiger partial charge < -0.3 is 11.1 Å². The standard InChI is InChI=1S/C27H33N3S/c1-2-3-4-5-6-7-8-9-17-30-26-16-18-31-27(26)22-12-10-21(11-13-22)25-19-24(29)15-14-23(25)20-28/h10-16,18-19,30H,2-9,17,29H2,1H3. The van der Waals surface area contributed by atoms with E-state index in [0.29, 0.717) is 11.3 Å². The molecule has 0 bridgehead atoms. The van der Waals surface area contributed by atoms with Gasteiger partial charge in [0.15, 0.2) is 0 Å². The average Bonchev–Trinajstić information content (AvgIpc) is 3.26. The van der Waals surface area contributed by atoms with Crippen LogP contribution in [0, 0.1) is 11.3 Å². The van der Waals surface area contributed by atoms with Crippen LogP contribution in [0.15, 0.2) is 53.9 Å². The van der Waals surface area contributed by atoms with Gasteiger partial charge in [0.2, 0.25) is 0 Å². The Kier molecular flexibility index (Phi) is 8.99. The van der Waals surface area contributed by atoms with E-state index >= 15 is 0 Å². The lowest BCUT2D eigenvalue weighted by atomic mass is 9.98. The summed E-state index contributed by atoms with van der Waals surface area (Å²) in [5, 5.41) is 15.2. The maximum atomic E-state index is 9.40. The van der Waals surface area contributed by atoms with Crippen molar-refractivity contribution in [1.29, 1.82) is 5.26 Å². The lowest BCUT2D eigenvalue weighted by Gasteiger charge is -2.10. The Morgan fingerprint density at radius 1 is 0.871 bits per heavy atom. The number of thiophene rings is 1. The lowest BCUT2D eigenvalue weighted by molar-refractivity contribution is 0.581. The monoisotopic (exact) mass is 431 g/mol. The minimum absolute atomic E-state index is 0.644. The lowest BCUT2D eigenvalue weighted by Crippen LogP contribution is -2.01. The molecule has 3 nitrogen and oxygen atoms in total. The van der Waals surface area contributed by atoms with Crippen LogP contribution in [0.3, 0.4) is 0 Å². The molecule has 0 saturated carbocycles. The number of nitriles is 1. The van der Waals surface area contributed by atoms with Crippen LogP contribution in [0.5, 0.6) is 0 Å². The largest absolute Gasteiger partial charge is 0.399 e. The number of nitrogens with zero attached hydrogens (tertiary/aromatic N) is 1. The first kappa shape index (κ1) is 22.9. The summed E-state index contributed by atoms with van der Waals surface area (Å²) in [7, 11) is 0. The predicted octanol–water partition coefficient (Wildman–Crippen LogP) is 8.09. The Morgan fingerprint density at radius 3 is 2.26 bits per heavy atom. The molecule has 31 heavy (non-hydrogen) atoms. The summed E-state index contributed by atoms with van der Waals surface area (Å²) < 4.78 is 0. The molecule has 162 valence electrons. The average molecular weight is 432 g/mol. The first-order valence-corrected chi connectivity index (χ1v) is 12.3. The van der Waals surface area contributed by atoms with Crippen molar-refractivity contribution in [3.05, 3.63) is 59.5 Å². The van der Waals surface area contributed by atoms with E-state index in [0.717, 1.165) is 17.7 Å². The Labute approximate surface area is 190 Å². The van der Waals surface area contributed by atoms with Crippen LogP contribution >= 0.6 is 11.3 Å². The highest BCUT2D eigenvalue weighted by molar-refractivity contribution is 7.14. The third-order valence-corrected chi connectivity index (χ3v) is 6.60. The minimum Gasteiger partial charge on any atom is -0.399 e. The molecular weight excluding hydrogens is 398 g/mol. The van der Waals surface area contributed by atoms with E-state index < -0.39 is 0 Å². The number of nitrogens with one attached hydrogen (secondary N) is 1. The van der Waals surface area contributed by atoms with E-state index in [1.54, 1.807) is 23.5 Å². The predicted molar refractivity (Wildman–Crippen MR) is 135 cm³/mol. The normalized spacial score (nSPS) is 10.7. The van der Waals surface area contributed by atoms with Crippen molar-refractivity contribution in [2.75, 3.05) is 17.6 Å². The summed E-state index contributed by atoms with van der Waals surface area (Å²) in [5.41, 5.74) is 11.5. The molecule has 0 aliphatic heterocycles. The number of anilines is 2. The molecule has 0 spiro atoms. The molecule has 3 aromatic rings. The van der Waals surface area contributed by atoms with Crippen molar-refractivity contribution in [3.63, 3.8) is 0 Å². The van der Waals surface area contributed by atoms with Crippen molar-refractivity contribution in [2.24, 2.45) is 0 Å². The van der Waals surface area contributed by atoms with Crippen molar-refractivity contribution in [1.82, 2.24) is 0 Å². The third kappa shape index (κ3) is 6.60. The topological polar surface area (TPSA) is 61.8 Å². The van der Waals surface area contributed by atoms with Crippen LogP contribution in [-0.4, -0.2) is 6.54 Å². The molecule has 1 heterocycles. The van der Waals surface area contributed by atoms with Crippen LogP contribution in [0.25, 0.3) is 21.6 Å². The Bertz CT molecular complexity index is 982. The van der Waals surface area contributed by atoms with E-state index in [-0.39, 0.29) is 0 Å². The Morgan fingerprint density at radius 2 is 1.55 bits per heavy atom. The molecule has 0 aliphatic rings. The van der Waals surface area contributed by atoms with Gasteiger partial charge in [0, 0.05) is 17.8 Å². The molecule has 2 aromatic carbocycles. The van der Waals surface area contributed by atoms with E-state index in [1.807, 2.05) is 6.07 Å². The summed E-state index contributed by atoms with van der Waals surface area (Å²) in [6.07, 6.45) is 10.7. The smallest absolute Gasteiger partial charge is 0.0998 e. The molecule has 0 amide bonds. The highest BCUT2D eigenvalue weighted by atomic mass is 32.1.